The van der Waals surface area contributed by atoms with E-state index in [4.69, 9.17) is 4.74 Å². The van der Waals surface area contributed by atoms with Crippen LogP contribution in [0.15, 0.2) is 12.1 Å². The fourth-order valence-corrected chi connectivity index (χ4v) is 2.78. The lowest BCUT2D eigenvalue weighted by atomic mass is 10.00. The first-order chi connectivity index (χ1) is 9.80. The Balaban J connectivity index is 2.13. The van der Waals surface area contributed by atoms with Gasteiger partial charge in [-0.25, -0.2) is 9.18 Å². The van der Waals surface area contributed by atoms with Crippen LogP contribution in [0.1, 0.15) is 37.5 Å². The van der Waals surface area contributed by atoms with Crippen molar-refractivity contribution in [3.05, 3.63) is 34.6 Å². The number of hydrogen-bond acceptors (Lipinski definition) is 2. The molecule has 116 valence electrons. The van der Waals surface area contributed by atoms with Crippen molar-refractivity contribution in [3.8, 4) is 0 Å². The van der Waals surface area contributed by atoms with E-state index in [9.17, 15) is 9.18 Å². The first kappa shape index (κ1) is 16.3. The number of halogens is 2. The van der Waals surface area contributed by atoms with Crippen LogP contribution in [0.3, 0.4) is 0 Å². The minimum atomic E-state index is -0.509. The summed E-state index contributed by atoms with van der Waals surface area (Å²) in [5.74, 6) is -0.173. The molecule has 1 aromatic rings. The monoisotopic (exact) mass is 357 g/mol. The number of alkyl halides is 1. The van der Waals surface area contributed by atoms with Gasteiger partial charge in [0.25, 0.3) is 0 Å². The van der Waals surface area contributed by atoms with E-state index in [-0.39, 0.29) is 11.9 Å². The van der Waals surface area contributed by atoms with E-state index < -0.39 is 5.60 Å². The van der Waals surface area contributed by atoms with Crippen LogP contribution in [0, 0.1) is 5.82 Å². The number of nitrogens with zero attached hydrogens (tertiary/aromatic N) is 1. The number of hydrogen-bond donors (Lipinski definition) is 0. The Morgan fingerprint density at radius 3 is 2.62 bits per heavy atom. The molecule has 1 heterocycles. The maximum atomic E-state index is 14.1. The third kappa shape index (κ3) is 4.19. The van der Waals surface area contributed by atoms with E-state index in [1.807, 2.05) is 26.8 Å². The highest BCUT2D eigenvalue weighted by Crippen LogP contribution is 2.23. The fourth-order valence-electron chi connectivity index (χ4n) is 2.46. The maximum Gasteiger partial charge on any atom is 0.410 e. The molecule has 0 saturated carbocycles. The van der Waals surface area contributed by atoms with Crippen LogP contribution in [0.5, 0.6) is 0 Å². The van der Waals surface area contributed by atoms with Gasteiger partial charge in [0, 0.05) is 18.4 Å². The van der Waals surface area contributed by atoms with Crippen LogP contribution in [-0.4, -0.2) is 29.7 Å². The lowest BCUT2D eigenvalue weighted by Crippen LogP contribution is -2.38. The summed E-state index contributed by atoms with van der Waals surface area (Å²) in [7, 11) is 0. The van der Waals surface area contributed by atoms with Gasteiger partial charge >= 0.3 is 6.09 Å². The van der Waals surface area contributed by atoms with Crippen molar-refractivity contribution in [2.75, 3.05) is 13.1 Å². The van der Waals surface area contributed by atoms with Crippen LogP contribution >= 0.6 is 15.9 Å². The molecule has 1 aliphatic rings. The van der Waals surface area contributed by atoms with Crippen molar-refractivity contribution in [2.45, 2.75) is 44.5 Å². The zero-order valence-electron chi connectivity index (χ0n) is 12.7. The van der Waals surface area contributed by atoms with Gasteiger partial charge in [0.2, 0.25) is 0 Å². The number of ether oxygens (including phenoxy) is 1. The molecule has 0 N–H and O–H groups in total. The molecule has 0 fully saturated rings. The van der Waals surface area contributed by atoms with Crippen LogP contribution in [0.2, 0.25) is 0 Å². The molecule has 0 radical (unpaired) electrons. The highest BCUT2D eigenvalue weighted by Gasteiger charge is 2.25. The number of fused-ring (bicyclic) bond motifs is 1. The molecular weight excluding hydrogens is 337 g/mol. The summed E-state index contributed by atoms with van der Waals surface area (Å²) in [5.41, 5.74) is 2.14. The molecule has 2 rings (SSSR count). The van der Waals surface area contributed by atoms with Crippen LogP contribution < -0.4 is 0 Å². The molecule has 5 heteroatoms. The quantitative estimate of drug-likeness (QED) is 0.709. The van der Waals surface area contributed by atoms with Crippen LogP contribution in [0.4, 0.5) is 9.18 Å². The van der Waals surface area contributed by atoms with Crippen molar-refractivity contribution in [1.29, 1.82) is 0 Å². The van der Waals surface area contributed by atoms with Gasteiger partial charge in [-0.3, -0.25) is 0 Å². The van der Waals surface area contributed by atoms with E-state index in [0.29, 0.717) is 31.3 Å². The Morgan fingerprint density at radius 1 is 1.33 bits per heavy atom. The van der Waals surface area contributed by atoms with E-state index in [1.54, 1.807) is 11.0 Å². The lowest BCUT2D eigenvalue weighted by Gasteiger charge is -2.26. The minimum absolute atomic E-state index is 0.173. The Morgan fingerprint density at radius 2 is 2.00 bits per heavy atom. The predicted molar refractivity (Wildman–Crippen MR) is 84.2 cm³/mol. The van der Waals surface area contributed by atoms with E-state index >= 15 is 0 Å². The summed E-state index contributed by atoms with van der Waals surface area (Å²) < 4.78 is 19.5. The molecule has 1 aromatic carbocycles. The fraction of sp³-hybridized carbons (Fsp3) is 0.562. The van der Waals surface area contributed by atoms with Crippen molar-refractivity contribution < 1.29 is 13.9 Å². The molecule has 0 bridgehead atoms. The van der Waals surface area contributed by atoms with Crippen molar-refractivity contribution in [1.82, 2.24) is 4.90 Å². The molecule has 3 nitrogen and oxygen atoms in total. The summed E-state index contributed by atoms with van der Waals surface area (Å²) in [6.45, 7) is 6.60. The van der Waals surface area contributed by atoms with Gasteiger partial charge in [-0.05, 0) is 56.4 Å². The van der Waals surface area contributed by atoms with Gasteiger partial charge in [0.05, 0.1) is 0 Å². The molecule has 1 aliphatic heterocycles. The summed E-state index contributed by atoms with van der Waals surface area (Å²) in [4.78, 5) is 13.8. The second kappa shape index (κ2) is 6.34. The summed E-state index contributed by atoms with van der Waals surface area (Å²) in [6.07, 6.45) is 0.867. The van der Waals surface area contributed by atoms with Gasteiger partial charge in [0.1, 0.15) is 11.4 Å². The van der Waals surface area contributed by atoms with Crippen LogP contribution in [-0.2, 0) is 22.9 Å². The second-order valence-corrected chi connectivity index (χ2v) is 6.88. The van der Waals surface area contributed by atoms with Crippen LogP contribution in [0.25, 0.3) is 0 Å². The van der Waals surface area contributed by atoms with E-state index in [1.165, 1.54) is 0 Å². The average molecular weight is 358 g/mol. The van der Waals surface area contributed by atoms with Gasteiger partial charge in [0.15, 0.2) is 0 Å². The zero-order chi connectivity index (χ0) is 15.6. The highest BCUT2D eigenvalue weighted by atomic mass is 79.9. The van der Waals surface area contributed by atoms with E-state index in [2.05, 4.69) is 15.9 Å². The standard InChI is InChI=1S/C16H21BrFNO2/c1-16(2,3)21-15(20)19-6-4-12-8-11(10-17)9-14(18)13(12)5-7-19/h8-9H,4-7,10H2,1-3H3. The SMILES string of the molecule is CC(C)(C)OC(=O)N1CCc2cc(CBr)cc(F)c2CC1. The van der Waals surface area contributed by atoms with Crippen molar-refractivity contribution >= 4 is 22.0 Å². The smallest absolute Gasteiger partial charge is 0.410 e. The molecular formula is C16H21BrFNO2. The van der Waals surface area contributed by atoms with Crippen molar-refractivity contribution in [3.63, 3.8) is 0 Å². The number of benzene rings is 1. The molecule has 0 saturated heterocycles. The Bertz CT molecular complexity index is 540. The first-order valence-electron chi connectivity index (χ1n) is 7.14. The molecule has 0 aromatic heterocycles. The Hall–Kier alpha value is -1.10. The van der Waals surface area contributed by atoms with Gasteiger partial charge in [-0.15, -0.1) is 0 Å². The van der Waals surface area contributed by atoms with E-state index in [0.717, 1.165) is 16.7 Å². The minimum Gasteiger partial charge on any atom is -0.444 e. The second-order valence-electron chi connectivity index (χ2n) is 6.32. The third-order valence-corrected chi connectivity index (χ3v) is 4.08. The number of carbonyl (C=O) groups is 1. The summed E-state index contributed by atoms with van der Waals surface area (Å²) in [5, 5.41) is 0.632. The lowest BCUT2D eigenvalue weighted by molar-refractivity contribution is 0.0258. The molecule has 0 spiro atoms. The average Bonchev–Trinajstić information content (AvgIpc) is 2.59. The van der Waals surface area contributed by atoms with Gasteiger partial charge in [-0.2, -0.15) is 0 Å². The predicted octanol–water partition coefficient (Wildman–Crippen LogP) is 4.06. The number of rotatable bonds is 1. The van der Waals surface area contributed by atoms with Crippen molar-refractivity contribution in [2.24, 2.45) is 0 Å². The largest absolute Gasteiger partial charge is 0.444 e. The highest BCUT2D eigenvalue weighted by molar-refractivity contribution is 9.08. The maximum absolute atomic E-state index is 14.1. The summed E-state index contributed by atoms with van der Waals surface area (Å²) in [6, 6.07) is 3.59. The Kier molecular flexibility index (Phi) is 4.91. The number of carbonyl (C=O) groups excluding carboxylic acids is 1. The topological polar surface area (TPSA) is 29.5 Å². The molecule has 21 heavy (non-hydrogen) atoms. The van der Waals surface area contributed by atoms with Gasteiger partial charge < -0.3 is 9.64 Å². The first-order valence-corrected chi connectivity index (χ1v) is 8.26. The Labute approximate surface area is 133 Å². The molecule has 1 amide bonds. The molecule has 0 unspecified atom stereocenters. The van der Waals surface area contributed by atoms with Gasteiger partial charge in [-0.1, -0.05) is 22.0 Å². The zero-order valence-corrected chi connectivity index (χ0v) is 14.3. The molecule has 0 aliphatic carbocycles. The summed E-state index contributed by atoms with van der Waals surface area (Å²) >= 11 is 3.36. The third-order valence-electron chi connectivity index (χ3n) is 3.44. The normalized spacial score (nSPS) is 15.4. The number of amides is 1. The molecule has 0 atom stereocenters.